The molecule has 8 rings (SSSR count). The zero-order valence-electron chi connectivity index (χ0n) is 41.6. The fourth-order valence-corrected chi connectivity index (χ4v) is 10.5. The Bertz CT molecular complexity index is 2500. The number of amides is 3. The number of esters is 1. The summed E-state index contributed by atoms with van der Waals surface area (Å²) in [6.07, 6.45) is 4.29. The summed E-state index contributed by atoms with van der Waals surface area (Å²) in [5.41, 5.74) is 9.17. The molecule has 4 aliphatic rings. The summed E-state index contributed by atoms with van der Waals surface area (Å²) >= 11 is 0. The number of rotatable bonds is 9. The van der Waals surface area contributed by atoms with Gasteiger partial charge in [0, 0.05) is 74.8 Å². The number of likely N-dealkylation sites (N-methyl/N-ethyl adjacent to an activating group) is 1. The number of hydrogen-bond acceptors (Lipinski definition) is 11. The molecule has 19 heteroatoms. The Hall–Kier alpha value is -3.95. The number of nitrogens with one attached hydrogen (secondary N) is 2. The summed E-state index contributed by atoms with van der Waals surface area (Å²) in [6.45, 7) is 14.1. The van der Waals surface area contributed by atoms with Gasteiger partial charge in [0.1, 0.15) is 30.0 Å². The van der Waals surface area contributed by atoms with Crippen LogP contribution in [0, 0.1) is 11.3 Å². The van der Waals surface area contributed by atoms with Crippen LogP contribution < -0.4 is 10.7 Å². The van der Waals surface area contributed by atoms with Gasteiger partial charge in [-0.15, -0.1) is 0 Å². The second-order valence-electron chi connectivity index (χ2n) is 19.8. The average Bonchev–Trinajstić information content (AvgIpc) is 4.03. The molecule has 0 aliphatic carbocycles. The smallest absolute Gasteiger partial charge is 0.324 e. The van der Waals surface area contributed by atoms with Crippen molar-refractivity contribution in [3.63, 3.8) is 0 Å². The number of benzene rings is 2. The van der Waals surface area contributed by atoms with Crippen LogP contribution in [0.15, 0.2) is 54.7 Å². The minimum Gasteiger partial charge on any atom is -0.508 e. The van der Waals surface area contributed by atoms with E-state index >= 15 is 0 Å². The molecule has 15 nitrogen and oxygen atoms in total. The number of carbonyl (C=O) groups excluding carboxylic acids is 4. The molecule has 6 bridgehead atoms. The van der Waals surface area contributed by atoms with Crippen LogP contribution in [0.25, 0.3) is 33.3 Å². The molecule has 70 heavy (non-hydrogen) atoms. The van der Waals surface area contributed by atoms with Crippen LogP contribution in [0.3, 0.4) is 0 Å². The molecule has 1 spiro atoms. The van der Waals surface area contributed by atoms with Gasteiger partial charge < -0.3 is 38.8 Å². The maximum Gasteiger partial charge on any atom is 0.324 e. The summed E-state index contributed by atoms with van der Waals surface area (Å²) < 4.78 is 26.1. The first-order valence-electron chi connectivity index (χ1n) is 23.5. The number of pyridine rings is 1. The number of phenolic OH excluding ortho intramolecular Hbond substituents is 1. The lowest BCUT2D eigenvalue weighted by Gasteiger charge is -2.37. The zero-order chi connectivity index (χ0) is 47.1. The van der Waals surface area contributed by atoms with E-state index in [4.69, 9.17) is 23.9 Å². The fraction of sp³-hybridized carbons (Fsp3) is 0.549. The summed E-state index contributed by atoms with van der Waals surface area (Å²) in [5, 5.41) is 16.8. The van der Waals surface area contributed by atoms with Gasteiger partial charge in [-0.1, -0.05) is 39.8 Å². The van der Waals surface area contributed by atoms with Crippen molar-refractivity contribution in [2.24, 2.45) is 11.3 Å². The van der Waals surface area contributed by atoms with E-state index in [1.165, 1.54) is 9.91 Å². The second-order valence-corrected chi connectivity index (χ2v) is 19.8. The van der Waals surface area contributed by atoms with Crippen LogP contribution in [0.5, 0.6) is 5.75 Å². The van der Waals surface area contributed by atoms with Gasteiger partial charge in [0.15, 0.2) is 0 Å². The number of fused-ring (bicyclic) bond motifs is 6. The van der Waals surface area contributed by atoms with Gasteiger partial charge in [-0.2, -0.15) is 54.0 Å². The summed E-state index contributed by atoms with van der Waals surface area (Å²) in [6, 6.07) is 12.7. The number of aromatic hydroxyl groups is 1. The maximum atomic E-state index is 14.7. The normalized spacial score (nSPS) is 22.9. The van der Waals surface area contributed by atoms with Crippen LogP contribution in [-0.2, 0) is 57.5 Å². The van der Waals surface area contributed by atoms with Crippen molar-refractivity contribution in [3.8, 4) is 28.1 Å². The summed E-state index contributed by atoms with van der Waals surface area (Å²) in [5.74, 6) is -2.04. The number of carbonyl (C=O) groups is 4. The maximum absolute atomic E-state index is 14.7. The van der Waals surface area contributed by atoms with Gasteiger partial charge in [-0.05, 0) is 111 Å². The van der Waals surface area contributed by atoms with Crippen molar-refractivity contribution in [1.82, 2.24) is 30.2 Å². The van der Waals surface area contributed by atoms with Gasteiger partial charge in [0.05, 0.1) is 36.3 Å². The Balaban J connectivity index is 0.00000266. The van der Waals surface area contributed by atoms with E-state index in [0.717, 1.165) is 51.0 Å². The number of aromatic nitrogens is 2. The minimum atomic E-state index is -1.14. The Morgan fingerprint density at radius 2 is 1.77 bits per heavy atom. The quantitative estimate of drug-likeness (QED) is 0.152. The Morgan fingerprint density at radius 3 is 2.46 bits per heavy atom. The number of hydrazine groups is 1. The molecule has 3 amide bonds. The monoisotopic (exact) mass is 1040 g/mol. The average molecular weight is 1040 g/mol. The van der Waals surface area contributed by atoms with E-state index in [2.05, 4.69) is 54.3 Å². The molecule has 0 saturated carbocycles. The second kappa shape index (κ2) is 24.2. The highest BCUT2D eigenvalue weighted by Gasteiger charge is 2.48. The molecule has 2 aromatic carbocycles. The number of phenols is 1. The van der Waals surface area contributed by atoms with Crippen molar-refractivity contribution in [1.29, 1.82) is 0 Å². The molecule has 2 aromatic heterocycles. The van der Waals surface area contributed by atoms with Crippen LogP contribution >= 0.6 is 54.0 Å². The van der Waals surface area contributed by atoms with Gasteiger partial charge in [-0.25, -0.2) is 5.43 Å². The van der Waals surface area contributed by atoms with Crippen molar-refractivity contribution in [2.45, 2.75) is 129 Å². The first kappa shape index (κ1) is 58.6. The molecular weight excluding hydrogens is 969 g/mol. The van der Waals surface area contributed by atoms with Crippen molar-refractivity contribution < 1.29 is 43.2 Å². The lowest BCUT2D eigenvalue weighted by molar-refractivity contribution is -0.156. The molecule has 4 aliphatic heterocycles. The van der Waals surface area contributed by atoms with Crippen LogP contribution in [-0.4, -0.2) is 119 Å². The number of ether oxygens (including phenoxy) is 4. The van der Waals surface area contributed by atoms with Crippen molar-refractivity contribution in [2.75, 3.05) is 40.5 Å². The van der Waals surface area contributed by atoms with Crippen molar-refractivity contribution >= 4 is 88.6 Å². The molecule has 4 aromatic rings. The molecule has 386 valence electrons. The number of cyclic esters (lactones) is 1. The molecule has 3 fully saturated rings. The molecule has 3 N–H and O–H groups in total. The van der Waals surface area contributed by atoms with E-state index in [0.29, 0.717) is 64.0 Å². The minimum absolute atomic E-state index is 0. The van der Waals surface area contributed by atoms with Gasteiger partial charge >= 0.3 is 5.97 Å². The number of hydrogen-bond donors (Lipinski definition) is 3. The Kier molecular flexibility index (Phi) is 20.3. The number of nitrogens with zero attached hydrogens (tertiary/aromatic N) is 4. The molecular formula is C51H74N6O9S4. The molecule has 6 atom stereocenters. The van der Waals surface area contributed by atoms with E-state index < -0.39 is 53.0 Å². The molecule has 6 heterocycles. The van der Waals surface area contributed by atoms with Crippen LogP contribution in [0.1, 0.15) is 96.6 Å². The van der Waals surface area contributed by atoms with E-state index in [1.807, 2.05) is 39.0 Å². The predicted molar refractivity (Wildman–Crippen MR) is 291 cm³/mol. The Labute approximate surface area is 440 Å². The third kappa shape index (κ3) is 12.1. The van der Waals surface area contributed by atoms with E-state index in [-0.39, 0.29) is 90.7 Å². The van der Waals surface area contributed by atoms with Crippen LogP contribution in [0.4, 0.5) is 0 Å². The van der Waals surface area contributed by atoms with E-state index in [9.17, 15) is 24.3 Å². The third-order valence-corrected chi connectivity index (χ3v) is 13.9. The Morgan fingerprint density at radius 1 is 1.01 bits per heavy atom. The summed E-state index contributed by atoms with van der Waals surface area (Å²) in [7, 11) is 3.29. The lowest BCUT2D eigenvalue weighted by Crippen LogP contribution is -2.62. The van der Waals surface area contributed by atoms with Gasteiger partial charge in [0.2, 0.25) is 5.91 Å². The molecule has 3 saturated heterocycles. The largest absolute Gasteiger partial charge is 0.508 e. The molecule has 2 unspecified atom stereocenters. The fourth-order valence-electron chi connectivity index (χ4n) is 10.5. The van der Waals surface area contributed by atoms with Gasteiger partial charge in [0.25, 0.3) is 11.8 Å². The number of aryl methyl sites for hydroxylation is 1. The highest BCUT2D eigenvalue weighted by molar-refractivity contribution is 7.59. The van der Waals surface area contributed by atoms with E-state index in [1.54, 1.807) is 32.5 Å². The summed E-state index contributed by atoms with van der Waals surface area (Å²) in [4.78, 5) is 63.5. The van der Waals surface area contributed by atoms with Crippen LogP contribution in [0.2, 0.25) is 0 Å². The molecule has 0 radical (unpaired) electrons. The predicted octanol–water partition coefficient (Wildman–Crippen LogP) is 6.72. The highest BCUT2D eigenvalue weighted by Crippen LogP contribution is 2.43. The first-order valence-corrected chi connectivity index (χ1v) is 23.5. The topological polar surface area (TPSA) is 174 Å². The lowest BCUT2D eigenvalue weighted by atomic mass is 9.84. The number of methoxy groups -OCH3 is 1. The first-order chi connectivity index (χ1) is 31.5. The van der Waals surface area contributed by atoms with Crippen molar-refractivity contribution in [3.05, 3.63) is 71.5 Å². The standard InChI is InChI=1S/C51H66N6O9.4H2S/c1-9-56-41-15-14-33-26-37(41)38(45(56)36-12-10-19-52-43(36)31(4)63-8)27-50(5,6)28-65-49(62)39-13-11-20-57(54-39)47(60)40(24-32-22-34(33)25-35(58)23-32)53-46(59)44(30(2)3)55(7)48(61)42-16-17-51(66-42)18-21-64-29-51;;;;/h10,12,14-15,19,22-23,25-26,30-31,39-40,42,44,54,58H,9,11,13,16-18,20-21,24,27-29H2,1-8H3,(H,53,59);4*1H2/t31-,39-,40-,42?,44-,51?;;;;/m0..../s1. The SMILES string of the molecule is CCn1c(-c2cccnc2[C@H](C)OC)c2c3cc(ccc31)-c1cc(O)cc(c1)C[C@H](NC(=O)[C@H](C(C)C)N(C)C(=O)C1CCC3(CCOC3)O1)C(=O)N1CCC[C@H](N1)C(=O)OCC(C)(C)C2.S.S.S.S. The van der Waals surface area contributed by atoms with Gasteiger partial charge in [-0.3, -0.25) is 29.2 Å². The zero-order valence-corrected chi connectivity index (χ0v) is 45.6. The third-order valence-electron chi connectivity index (χ3n) is 13.9. The highest BCUT2D eigenvalue weighted by atomic mass is 32.1.